The molecule has 47 heavy (non-hydrogen) atoms. The van der Waals surface area contributed by atoms with Gasteiger partial charge in [0.2, 0.25) is 6.08 Å². The Labute approximate surface area is 268 Å². The van der Waals surface area contributed by atoms with E-state index in [9.17, 15) is 34.1 Å². The second kappa shape index (κ2) is 16.2. The molecular formula is C31H32N8O8. The minimum Gasteiger partial charge on any atom is -0.450 e. The number of nitro groups is 1. The van der Waals surface area contributed by atoms with E-state index in [4.69, 9.17) is 4.74 Å². The van der Waals surface area contributed by atoms with E-state index < -0.39 is 22.8 Å². The molecule has 0 unspecified atom stereocenters. The number of nitrogens with one attached hydrogen (secondary N) is 3. The second-order valence-electron chi connectivity index (χ2n) is 9.92. The average molecular weight is 645 g/mol. The molecule has 4 rings (SSSR count). The molecule has 4 aromatic rings. The molecule has 2 aromatic carbocycles. The Morgan fingerprint density at radius 2 is 1.72 bits per heavy atom. The number of hydrogen-bond donors (Lipinski definition) is 3. The van der Waals surface area contributed by atoms with Gasteiger partial charge in [-0.2, -0.15) is 5.10 Å². The number of carbonyl (C=O) groups is 4. The van der Waals surface area contributed by atoms with Crippen LogP contribution in [0.25, 0.3) is 5.52 Å². The minimum absolute atomic E-state index is 0.00403. The number of carbonyl (C=O) groups excluding carboxylic acids is 5. The molecule has 0 fully saturated rings. The first-order valence-corrected chi connectivity index (χ1v) is 14.3. The fourth-order valence-corrected chi connectivity index (χ4v) is 4.22. The van der Waals surface area contributed by atoms with Crippen molar-refractivity contribution in [1.29, 1.82) is 0 Å². The number of aromatic nitrogens is 3. The molecule has 0 aliphatic carbocycles. The van der Waals surface area contributed by atoms with Gasteiger partial charge in [-0.25, -0.2) is 19.1 Å². The molecule has 3 N–H and O–H groups in total. The largest absolute Gasteiger partial charge is 0.450 e. The summed E-state index contributed by atoms with van der Waals surface area (Å²) in [6, 6.07) is 8.87. The lowest BCUT2D eigenvalue weighted by Gasteiger charge is -2.12. The highest BCUT2D eigenvalue weighted by Crippen LogP contribution is 2.27. The number of nitrogens with zero attached hydrogens (tertiary/aromatic N) is 5. The van der Waals surface area contributed by atoms with E-state index in [2.05, 4.69) is 31.0 Å². The van der Waals surface area contributed by atoms with Gasteiger partial charge in [-0.05, 0) is 63.4 Å². The Morgan fingerprint density at radius 1 is 1.02 bits per heavy atom. The maximum Gasteiger partial charge on any atom is 0.414 e. The number of ether oxygens (including phenoxy) is 1. The third-order valence-corrected chi connectivity index (χ3v) is 6.65. The van der Waals surface area contributed by atoms with Crippen molar-refractivity contribution in [2.45, 2.75) is 41.0 Å². The third-order valence-electron chi connectivity index (χ3n) is 6.65. The summed E-state index contributed by atoms with van der Waals surface area (Å²) in [6.45, 7) is 9.65. The summed E-state index contributed by atoms with van der Waals surface area (Å²) in [6.07, 6.45) is 4.17. The smallest absolute Gasteiger partial charge is 0.414 e. The van der Waals surface area contributed by atoms with Crippen molar-refractivity contribution in [2.24, 2.45) is 4.99 Å². The number of amides is 4. The highest BCUT2D eigenvalue weighted by molar-refractivity contribution is 6.04. The number of imide groups is 1. The Kier molecular flexibility index (Phi) is 12.1. The zero-order valence-corrected chi connectivity index (χ0v) is 26.2. The van der Waals surface area contributed by atoms with Crippen LogP contribution in [0.5, 0.6) is 0 Å². The normalized spacial score (nSPS) is 10.1. The summed E-state index contributed by atoms with van der Waals surface area (Å²) >= 11 is 0. The zero-order chi connectivity index (χ0) is 34.7. The molecule has 0 radical (unpaired) electrons. The first-order chi connectivity index (χ1) is 22.4. The number of hydrogen-bond acceptors (Lipinski definition) is 11. The fraction of sp³-hybridized carbons (Fsp3) is 0.258. The predicted octanol–water partition coefficient (Wildman–Crippen LogP) is 4.50. The predicted molar refractivity (Wildman–Crippen MR) is 170 cm³/mol. The Balaban J connectivity index is 0.000000335. The van der Waals surface area contributed by atoms with E-state index in [-0.39, 0.29) is 29.3 Å². The topological polar surface area (TPSA) is 216 Å². The number of nitro benzene ring substituents is 1. The summed E-state index contributed by atoms with van der Waals surface area (Å²) < 4.78 is 6.35. The van der Waals surface area contributed by atoms with Crippen LogP contribution in [0, 0.1) is 30.9 Å². The van der Waals surface area contributed by atoms with Crippen molar-refractivity contribution in [1.82, 2.24) is 25.2 Å². The van der Waals surface area contributed by atoms with E-state index in [1.807, 2.05) is 20.8 Å². The molecular weight excluding hydrogens is 612 g/mol. The van der Waals surface area contributed by atoms with Crippen molar-refractivity contribution in [3.63, 3.8) is 0 Å². The lowest BCUT2D eigenvalue weighted by molar-refractivity contribution is -0.385. The maximum atomic E-state index is 12.5. The van der Waals surface area contributed by atoms with Crippen LogP contribution in [0.2, 0.25) is 0 Å². The Bertz CT molecular complexity index is 1900. The van der Waals surface area contributed by atoms with Gasteiger partial charge >= 0.3 is 6.09 Å². The van der Waals surface area contributed by atoms with Crippen LogP contribution in [0.3, 0.4) is 0 Å². The van der Waals surface area contributed by atoms with Gasteiger partial charge in [-0.3, -0.25) is 29.8 Å². The van der Waals surface area contributed by atoms with Crippen LogP contribution < -0.4 is 16.0 Å². The van der Waals surface area contributed by atoms with Gasteiger partial charge in [0, 0.05) is 41.2 Å². The molecule has 0 aliphatic rings. The molecule has 0 atom stereocenters. The van der Waals surface area contributed by atoms with Crippen molar-refractivity contribution in [3.8, 4) is 0 Å². The minimum atomic E-state index is -0.840. The van der Waals surface area contributed by atoms with Crippen molar-refractivity contribution in [3.05, 3.63) is 92.4 Å². The maximum absolute atomic E-state index is 12.5. The number of anilines is 2. The SMILES string of the molecule is CCCNC(=O)c1cn2ncnc(Nc3cc(C(=O)NC(=O)OCC)ccc3C)c2c1C.Cc1ccc(C(=O)N=C=O)cc1[N+](=O)[O-]. The summed E-state index contributed by atoms with van der Waals surface area (Å²) in [5, 5.41) is 23.0. The van der Waals surface area contributed by atoms with Gasteiger partial charge in [-0.1, -0.05) is 19.1 Å². The quantitative estimate of drug-likeness (QED) is 0.0997. The van der Waals surface area contributed by atoms with Gasteiger partial charge in [-0.15, -0.1) is 4.99 Å². The number of aryl methyl sites for hydroxylation is 3. The highest BCUT2D eigenvalue weighted by atomic mass is 16.6. The van der Waals surface area contributed by atoms with Gasteiger partial charge < -0.3 is 15.4 Å². The van der Waals surface area contributed by atoms with Crippen LogP contribution in [0.15, 0.2) is 53.9 Å². The lowest BCUT2D eigenvalue weighted by atomic mass is 10.1. The third kappa shape index (κ3) is 8.89. The van der Waals surface area contributed by atoms with E-state index >= 15 is 0 Å². The summed E-state index contributed by atoms with van der Waals surface area (Å²) in [5.41, 5.74) is 3.92. The number of rotatable bonds is 9. The van der Waals surface area contributed by atoms with Crippen LogP contribution in [0.1, 0.15) is 68.0 Å². The van der Waals surface area contributed by atoms with E-state index in [1.165, 1.54) is 18.5 Å². The Hall–Kier alpha value is -6.28. The van der Waals surface area contributed by atoms with Gasteiger partial charge in [0.1, 0.15) is 11.8 Å². The molecule has 16 heteroatoms. The summed E-state index contributed by atoms with van der Waals surface area (Å²) in [5.74, 6) is -1.10. The average Bonchev–Trinajstić information content (AvgIpc) is 3.38. The van der Waals surface area contributed by atoms with E-state index in [0.717, 1.165) is 29.7 Å². The number of benzene rings is 2. The first-order valence-electron chi connectivity index (χ1n) is 14.3. The number of alkyl carbamates (subject to hydrolysis) is 1. The molecule has 0 saturated heterocycles. The van der Waals surface area contributed by atoms with E-state index in [1.54, 1.807) is 42.8 Å². The zero-order valence-electron chi connectivity index (χ0n) is 26.2. The molecule has 0 saturated carbocycles. The molecule has 2 heterocycles. The van der Waals surface area contributed by atoms with Crippen LogP contribution in [0.4, 0.5) is 22.0 Å². The molecule has 244 valence electrons. The summed E-state index contributed by atoms with van der Waals surface area (Å²) in [4.78, 5) is 74.5. The number of fused-ring (bicyclic) bond motifs is 1. The van der Waals surface area contributed by atoms with Gasteiger partial charge in [0.15, 0.2) is 5.82 Å². The summed E-state index contributed by atoms with van der Waals surface area (Å²) in [7, 11) is 0. The molecule has 0 bridgehead atoms. The monoisotopic (exact) mass is 644 g/mol. The molecule has 16 nitrogen and oxygen atoms in total. The van der Waals surface area contributed by atoms with Crippen LogP contribution >= 0.6 is 0 Å². The Morgan fingerprint density at radius 3 is 2.38 bits per heavy atom. The van der Waals surface area contributed by atoms with Crippen LogP contribution in [-0.4, -0.2) is 62.6 Å². The fourth-order valence-electron chi connectivity index (χ4n) is 4.22. The second-order valence-corrected chi connectivity index (χ2v) is 9.92. The highest BCUT2D eigenvalue weighted by Gasteiger charge is 2.19. The van der Waals surface area contributed by atoms with Crippen LogP contribution in [-0.2, 0) is 9.53 Å². The van der Waals surface area contributed by atoms with Crippen molar-refractivity contribution < 1.29 is 33.6 Å². The van der Waals surface area contributed by atoms with Gasteiger partial charge in [0.25, 0.3) is 23.4 Å². The first kappa shape index (κ1) is 35.2. The molecule has 4 amide bonds. The standard InChI is InChI=1S/C22H26N6O4.C9H6N2O4/c1-5-9-23-21(30)16-11-28-18(14(16)4)19(24-12-25-28)26-17-10-15(8-7-13(17)3)20(29)27-22(31)32-6-2;1-6-2-3-7(9(13)10-5-12)4-8(6)11(14)15/h7-8,10-12H,5-6,9H2,1-4H3,(H,23,30)(H,24,25,26)(H,27,29,31);2-4H,1H3. The van der Waals surface area contributed by atoms with Crippen molar-refractivity contribution in [2.75, 3.05) is 18.5 Å². The number of aliphatic imine (C=N–C) groups is 1. The molecule has 0 aliphatic heterocycles. The van der Waals surface area contributed by atoms with Crippen molar-refractivity contribution >= 4 is 52.6 Å². The molecule has 2 aromatic heterocycles. The van der Waals surface area contributed by atoms with Gasteiger partial charge in [0.05, 0.1) is 17.1 Å². The lowest BCUT2D eigenvalue weighted by Crippen LogP contribution is -2.31. The number of isocyanates is 1. The van der Waals surface area contributed by atoms with E-state index in [0.29, 0.717) is 34.7 Å². The molecule has 0 spiro atoms.